The largest absolute Gasteiger partial charge is 0.507 e. The molecule has 1 N–H and O–H groups in total. The predicted octanol–water partition coefficient (Wildman–Crippen LogP) is 6.65. The van der Waals surface area contributed by atoms with E-state index in [2.05, 4.69) is 11.9 Å². The van der Waals surface area contributed by atoms with Crippen molar-refractivity contribution in [2.45, 2.75) is 32.7 Å². The van der Waals surface area contributed by atoms with E-state index >= 15 is 0 Å². The Bertz CT molecular complexity index is 1630. The van der Waals surface area contributed by atoms with Crippen LogP contribution in [0.2, 0.25) is 0 Å². The van der Waals surface area contributed by atoms with E-state index in [0.29, 0.717) is 51.8 Å². The molecule has 1 fully saturated rings. The van der Waals surface area contributed by atoms with Crippen molar-refractivity contribution in [1.82, 2.24) is 4.98 Å². The first-order valence-corrected chi connectivity index (χ1v) is 14.1. The lowest BCUT2D eigenvalue weighted by molar-refractivity contribution is -0.132. The molecule has 1 aromatic heterocycles. The number of fused-ring (bicyclic) bond motifs is 1. The quantitative estimate of drug-likeness (QED) is 0.0977. The number of hydrogen-bond donors (Lipinski definition) is 1. The van der Waals surface area contributed by atoms with Gasteiger partial charge in [0.2, 0.25) is 0 Å². The van der Waals surface area contributed by atoms with Gasteiger partial charge >= 0.3 is 5.91 Å². The number of aliphatic hydroxyl groups is 1. The van der Waals surface area contributed by atoms with Crippen molar-refractivity contribution in [2.24, 2.45) is 0 Å². The zero-order valence-corrected chi connectivity index (χ0v) is 23.7. The van der Waals surface area contributed by atoms with Crippen LogP contribution < -0.4 is 19.1 Å². The van der Waals surface area contributed by atoms with Crippen molar-refractivity contribution in [1.29, 1.82) is 0 Å². The monoisotopic (exact) mass is 576 g/mol. The summed E-state index contributed by atoms with van der Waals surface area (Å²) in [6, 6.07) is 14.8. The summed E-state index contributed by atoms with van der Waals surface area (Å²) in [5.41, 5.74) is 1.23. The summed E-state index contributed by atoms with van der Waals surface area (Å²) in [6.45, 7) is 4.79. The number of Topliss-reactive ketones (excluding diaryl/α,β-unsaturated/α-hetero) is 1. The summed E-state index contributed by atoms with van der Waals surface area (Å²) in [5.74, 6) is -0.951. The molecule has 1 aliphatic rings. The summed E-state index contributed by atoms with van der Waals surface area (Å²) >= 11 is 1.08. The average Bonchev–Trinajstić information content (AvgIpc) is 3.51. The van der Waals surface area contributed by atoms with Gasteiger partial charge < -0.3 is 19.3 Å². The Labute approximate surface area is 240 Å². The maximum atomic E-state index is 13.9. The van der Waals surface area contributed by atoms with Gasteiger partial charge in [-0.05, 0) is 73.5 Å². The van der Waals surface area contributed by atoms with Crippen molar-refractivity contribution in [3.05, 3.63) is 83.2 Å². The molecular weight excluding hydrogens is 547 g/mol. The van der Waals surface area contributed by atoms with Gasteiger partial charge in [-0.3, -0.25) is 14.5 Å². The van der Waals surface area contributed by atoms with E-state index in [4.69, 9.17) is 14.2 Å². The number of benzene rings is 3. The number of aromatic nitrogens is 1. The fourth-order valence-electron chi connectivity index (χ4n) is 4.65. The third kappa shape index (κ3) is 5.47. The minimum Gasteiger partial charge on any atom is -0.507 e. The van der Waals surface area contributed by atoms with Crippen LogP contribution >= 0.6 is 11.3 Å². The van der Waals surface area contributed by atoms with Crippen LogP contribution in [0.5, 0.6) is 17.2 Å². The number of rotatable bonds is 10. The van der Waals surface area contributed by atoms with Crippen molar-refractivity contribution >= 4 is 44.1 Å². The zero-order chi connectivity index (χ0) is 29.1. The van der Waals surface area contributed by atoms with Gasteiger partial charge in [-0.25, -0.2) is 9.37 Å². The average molecular weight is 577 g/mol. The standard InChI is InChI=1S/C31H29FN2O6S/c1-4-6-15-40-23-14-9-19(16-24(23)39-5-2)27-26(28(35)18-7-11-21(38-3)12-8-18)29(36)30(37)34(27)31-33-22-13-10-20(32)17-25(22)41-31/h7-14,16-17,27,35H,4-6,15H2,1-3H3. The Morgan fingerprint density at radius 3 is 2.51 bits per heavy atom. The number of carbonyl (C=O) groups excluding carboxylic acids is 2. The van der Waals surface area contributed by atoms with Gasteiger partial charge in [0.05, 0.1) is 42.2 Å². The molecule has 0 radical (unpaired) electrons. The minimum atomic E-state index is -1.04. The molecule has 5 rings (SSSR count). The topological polar surface area (TPSA) is 98.2 Å². The molecular formula is C31H29FN2O6S. The second-order valence-electron chi connectivity index (χ2n) is 9.35. The molecule has 41 heavy (non-hydrogen) atoms. The summed E-state index contributed by atoms with van der Waals surface area (Å²) in [7, 11) is 1.52. The number of nitrogens with zero attached hydrogens (tertiary/aromatic N) is 2. The second kappa shape index (κ2) is 12.0. The van der Waals surface area contributed by atoms with E-state index in [-0.39, 0.29) is 16.5 Å². The molecule has 1 unspecified atom stereocenters. The summed E-state index contributed by atoms with van der Waals surface area (Å²) in [6.07, 6.45) is 1.84. The molecule has 1 aliphatic heterocycles. The Morgan fingerprint density at radius 2 is 1.80 bits per heavy atom. The van der Waals surface area contributed by atoms with Crippen LogP contribution in [0.4, 0.5) is 9.52 Å². The third-order valence-electron chi connectivity index (χ3n) is 6.69. The molecule has 8 nitrogen and oxygen atoms in total. The van der Waals surface area contributed by atoms with E-state index in [1.807, 2.05) is 6.92 Å². The second-order valence-corrected chi connectivity index (χ2v) is 10.4. The number of ether oxygens (including phenoxy) is 3. The normalized spacial score (nSPS) is 16.4. The molecule has 2 heterocycles. The first kappa shape index (κ1) is 28.1. The van der Waals surface area contributed by atoms with E-state index in [1.54, 1.807) is 42.5 Å². The van der Waals surface area contributed by atoms with Gasteiger partial charge in [0.15, 0.2) is 16.6 Å². The van der Waals surface area contributed by atoms with Crippen molar-refractivity contribution in [3.8, 4) is 17.2 Å². The summed E-state index contributed by atoms with van der Waals surface area (Å²) in [4.78, 5) is 32.9. The lowest BCUT2D eigenvalue weighted by atomic mass is 9.95. The fraction of sp³-hybridized carbons (Fsp3) is 0.258. The molecule has 1 amide bonds. The molecule has 0 aliphatic carbocycles. The Kier molecular flexibility index (Phi) is 8.21. The Hall–Kier alpha value is -4.44. The number of hydrogen-bond acceptors (Lipinski definition) is 8. The first-order valence-electron chi connectivity index (χ1n) is 13.3. The highest BCUT2D eigenvalue weighted by atomic mass is 32.1. The maximum absolute atomic E-state index is 13.9. The zero-order valence-electron chi connectivity index (χ0n) is 22.8. The number of halogens is 1. The number of ketones is 1. The molecule has 3 aromatic carbocycles. The summed E-state index contributed by atoms with van der Waals surface area (Å²) < 4.78 is 31.5. The van der Waals surface area contributed by atoms with Crippen LogP contribution in [-0.4, -0.2) is 42.1 Å². The van der Waals surface area contributed by atoms with Gasteiger partial charge in [-0.1, -0.05) is 30.7 Å². The van der Waals surface area contributed by atoms with Crippen LogP contribution in [0.3, 0.4) is 0 Å². The van der Waals surface area contributed by atoms with Gasteiger partial charge in [0, 0.05) is 5.56 Å². The molecule has 1 atom stereocenters. The number of anilines is 1. The lowest BCUT2D eigenvalue weighted by Gasteiger charge is -2.24. The fourth-order valence-corrected chi connectivity index (χ4v) is 5.66. The first-order chi connectivity index (χ1) is 19.9. The van der Waals surface area contributed by atoms with Gasteiger partial charge in [0.25, 0.3) is 5.78 Å². The number of unbranched alkanes of at least 4 members (excludes halogenated alkanes) is 1. The van der Waals surface area contributed by atoms with Crippen LogP contribution in [0, 0.1) is 5.82 Å². The smallest absolute Gasteiger partial charge is 0.301 e. The number of amides is 1. The molecule has 0 spiro atoms. The lowest BCUT2D eigenvalue weighted by Crippen LogP contribution is -2.29. The van der Waals surface area contributed by atoms with Gasteiger partial charge in [0.1, 0.15) is 17.3 Å². The number of aliphatic hydroxyl groups excluding tert-OH is 1. The SMILES string of the molecule is CCCCOc1ccc(C2C(=C(O)c3ccc(OC)cc3)C(=O)C(=O)N2c2nc3ccc(F)cc3s2)cc1OCC. The molecule has 0 saturated carbocycles. The number of thiazole rings is 1. The molecule has 10 heteroatoms. The molecule has 4 aromatic rings. The van der Waals surface area contributed by atoms with Crippen molar-refractivity contribution in [2.75, 3.05) is 25.2 Å². The molecule has 212 valence electrons. The van der Waals surface area contributed by atoms with E-state index in [9.17, 15) is 19.1 Å². The Balaban J connectivity index is 1.68. The highest BCUT2D eigenvalue weighted by molar-refractivity contribution is 7.22. The highest BCUT2D eigenvalue weighted by Gasteiger charge is 2.48. The minimum absolute atomic E-state index is 0.104. The van der Waals surface area contributed by atoms with Gasteiger partial charge in [-0.15, -0.1) is 0 Å². The van der Waals surface area contributed by atoms with E-state index in [0.717, 1.165) is 24.2 Å². The highest BCUT2D eigenvalue weighted by Crippen LogP contribution is 2.46. The van der Waals surface area contributed by atoms with E-state index in [1.165, 1.54) is 30.2 Å². The molecule has 0 bridgehead atoms. The maximum Gasteiger partial charge on any atom is 0.301 e. The van der Waals surface area contributed by atoms with Crippen molar-refractivity contribution in [3.63, 3.8) is 0 Å². The summed E-state index contributed by atoms with van der Waals surface area (Å²) in [5, 5.41) is 11.6. The number of carbonyl (C=O) groups is 2. The van der Waals surface area contributed by atoms with Gasteiger partial charge in [-0.2, -0.15) is 0 Å². The predicted molar refractivity (Wildman–Crippen MR) is 155 cm³/mol. The van der Waals surface area contributed by atoms with E-state index < -0.39 is 23.5 Å². The van der Waals surface area contributed by atoms with Crippen LogP contribution in [0.1, 0.15) is 43.9 Å². The third-order valence-corrected chi connectivity index (χ3v) is 7.71. The van der Waals surface area contributed by atoms with Crippen molar-refractivity contribution < 1.29 is 33.3 Å². The van der Waals surface area contributed by atoms with Crippen LogP contribution in [0.15, 0.2) is 66.2 Å². The number of methoxy groups -OCH3 is 1. The van der Waals surface area contributed by atoms with Crippen LogP contribution in [-0.2, 0) is 9.59 Å². The Morgan fingerprint density at radius 1 is 1.02 bits per heavy atom. The van der Waals surface area contributed by atoms with Crippen LogP contribution in [0.25, 0.3) is 16.0 Å². The molecule has 1 saturated heterocycles.